The van der Waals surface area contributed by atoms with Crippen molar-refractivity contribution in [2.45, 2.75) is 46.0 Å². The van der Waals surface area contributed by atoms with E-state index in [0.29, 0.717) is 12.3 Å². The van der Waals surface area contributed by atoms with Gasteiger partial charge in [-0.05, 0) is 25.2 Å². The van der Waals surface area contributed by atoms with E-state index in [-0.39, 0.29) is 0 Å². The molecule has 0 rings (SSSR count). The highest BCUT2D eigenvalue weighted by Gasteiger charge is 1.94. The van der Waals surface area contributed by atoms with Gasteiger partial charge in [-0.3, -0.25) is 4.79 Å². The molecule has 0 aromatic carbocycles. The Balaban J connectivity index is 3.12. The lowest BCUT2D eigenvalue weighted by atomic mass is 10.1. The Morgan fingerprint density at radius 3 is 2.54 bits per heavy atom. The van der Waals surface area contributed by atoms with Crippen LogP contribution in [0.4, 0.5) is 0 Å². The van der Waals surface area contributed by atoms with E-state index in [1.165, 1.54) is 0 Å². The minimum absolute atomic E-state index is 0.313. The van der Waals surface area contributed by atoms with Crippen LogP contribution in [0.25, 0.3) is 0 Å². The van der Waals surface area contributed by atoms with Crippen molar-refractivity contribution in [3.05, 3.63) is 12.2 Å². The zero-order valence-corrected chi connectivity index (χ0v) is 8.62. The summed E-state index contributed by atoms with van der Waals surface area (Å²) < 4.78 is 0. The predicted octanol–water partition coefficient (Wildman–Crippen LogP) is 3.23. The molecule has 0 spiro atoms. The molecular formula is C11H20O2. The Hall–Kier alpha value is -0.790. The molecule has 0 aliphatic carbocycles. The zero-order valence-electron chi connectivity index (χ0n) is 8.62. The van der Waals surface area contributed by atoms with Crippen molar-refractivity contribution in [2.75, 3.05) is 0 Å². The molecule has 0 bridgehead atoms. The molecule has 0 aliphatic heterocycles. The average molecular weight is 184 g/mol. The fourth-order valence-corrected chi connectivity index (χ4v) is 1.08. The highest BCUT2D eigenvalue weighted by molar-refractivity contribution is 5.66. The third-order valence-corrected chi connectivity index (χ3v) is 1.78. The summed E-state index contributed by atoms with van der Waals surface area (Å²) in [6, 6.07) is 0. The maximum absolute atomic E-state index is 10.2. The van der Waals surface area contributed by atoms with E-state index in [1.807, 2.05) is 0 Å². The SMILES string of the molecule is CC(C)/C=C\CCCCCC(=O)O. The van der Waals surface area contributed by atoms with E-state index < -0.39 is 5.97 Å². The molecule has 13 heavy (non-hydrogen) atoms. The zero-order chi connectivity index (χ0) is 10.1. The summed E-state index contributed by atoms with van der Waals surface area (Å²) in [5.41, 5.74) is 0. The smallest absolute Gasteiger partial charge is 0.303 e. The van der Waals surface area contributed by atoms with Gasteiger partial charge in [0.25, 0.3) is 0 Å². The maximum Gasteiger partial charge on any atom is 0.303 e. The average Bonchev–Trinajstić information content (AvgIpc) is 2.01. The summed E-state index contributed by atoms with van der Waals surface area (Å²) in [4.78, 5) is 10.2. The number of carbonyl (C=O) groups is 1. The predicted molar refractivity (Wildman–Crippen MR) is 54.7 cm³/mol. The van der Waals surface area contributed by atoms with Gasteiger partial charge in [0.15, 0.2) is 0 Å². The second kappa shape index (κ2) is 7.84. The number of hydrogen-bond donors (Lipinski definition) is 1. The molecule has 0 atom stereocenters. The minimum Gasteiger partial charge on any atom is -0.481 e. The first-order chi connectivity index (χ1) is 6.13. The van der Waals surface area contributed by atoms with Crippen LogP contribution >= 0.6 is 0 Å². The van der Waals surface area contributed by atoms with Crippen molar-refractivity contribution in [3.8, 4) is 0 Å². The Kier molecular flexibility index (Phi) is 7.36. The number of carboxylic acids is 1. The number of hydrogen-bond acceptors (Lipinski definition) is 1. The van der Waals surface area contributed by atoms with E-state index in [0.717, 1.165) is 25.7 Å². The quantitative estimate of drug-likeness (QED) is 0.487. The van der Waals surface area contributed by atoms with Gasteiger partial charge in [-0.15, -0.1) is 0 Å². The van der Waals surface area contributed by atoms with Crippen LogP contribution in [0.3, 0.4) is 0 Å². The Morgan fingerprint density at radius 2 is 2.00 bits per heavy atom. The lowest BCUT2D eigenvalue weighted by molar-refractivity contribution is -0.137. The van der Waals surface area contributed by atoms with Crippen molar-refractivity contribution < 1.29 is 9.90 Å². The minimum atomic E-state index is -0.683. The molecule has 0 amide bonds. The molecule has 0 fully saturated rings. The van der Waals surface area contributed by atoms with Crippen molar-refractivity contribution in [1.82, 2.24) is 0 Å². The normalized spacial score (nSPS) is 11.3. The number of carboxylic acid groups (broad SMARTS) is 1. The summed E-state index contributed by atoms with van der Waals surface area (Å²) in [5, 5.41) is 8.37. The Morgan fingerprint density at radius 1 is 1.31 bits per heavy atom. The Bertz CT molecular complexity index is 159. The maximum atomic E-state index is 10.2. The fourth-order valence-electron chi connectivity index (χ4n) is 1.08. The molecule has 1 N–H and O–H groups in total. The van der Waals surface area contributed by atoms with E-state index in [2.05, 4.69) is 26.0 Å². The van der Waals surface area contributed by atoms with Crippen LogP contribution in [-0.2, 0) is 4.79 Å². The molecule has 2 nitrogen and oxygen atoms in total. The summed E-state index contributed by atoms with van der Waals surface area (Å²) in [5.74, 6) is -0.0586. The van der Waals surface area contributed by atoms with Crippen LogP contribution in [0.15, 0.2) is 12.2 Å². The van der Waals surface area contributed by atoms with Gasteiger partial charge in [0.2, 0.25) is 0 Å². The van der Waals surface area contributed by atoms with Crippen molar-refractivity contribution in [2.24, 2.45) is 5.92 Å². The molecule has 76 valence electrons. The van der Waals surface area contributed by atoms with Crippen molar-refractivity contribution in [1.29, 1.82) is 0 Å². The molecular weight excluding hydrogens is 164 g/mol. The Labute approximate surface area is 80.7 Å². The first kappa shape index (κ1) is 12.2. The molecule has 0 saturated carbocycles. The van der Waals surface area contributed by atoms with Gasteiger partial charge in [0.1, 0.15) is 0 Å². The highest BCUT2D eigenvalue weighted by atomic mass is 16.4. The molecule has 0 aromatic heterocycles. The third-order valence-electron chi connectivity index (χ3n) is 1.78. The van der Waals surface area contributed by atoms with Gasteiger partial charge < -0.3 is 5.11 Å². The van der Waals surface area contributed by atoms with Crippen LogP contribution in [0, 0.1) is 5.92 Å². The first-order valence-corrected chi connectivity index (χ1v) is 5.01. The molecule has 0 heterocycles. The lowest BCUT2D eigenvalue weighted by Gasteiger charge is -1.96. The number of rotatable bonds is 7. The van der Waals surface area contributed by atoms with Crippen molar-refractivity contribution in [3.63, 3.8) is 0 Å². The summed E-state index contributed by atoms with van der Waals surface area (Å²) in [6.07, 6.45) is 8.71. The highest BCUT2D eigenvalue weighted by Crippen LogP contribution is 2.04. The standard InChI is InChI=1S/C11H20O2/c1-10(2)8-6-4-3-5-7-9-11(12)13/h6,8,10H,3-5,7,9H2,1-2H3,(H,12,13)/b8-6-. The molecule has 0 unspecified atom stereocenters. The van der Waals surface area contributed by atoms with E-state index in [9.17, 15) is 4.79 Å². The van der Waals surface area contributed by atoms with Crippen LogP contribution in [0.1, 0.15) is 46.0 Å². The van der Waals surface area contributed by atoms with Gasteiger partial charge >= 0.3 is 5.97 Å². The van der Waals surface area contributed by atoms with Gasteiger partial charge in [-0.1, -0.05) is 32.4 Å². The third kappa shape index (κ3) is 11.2. The van der Waals surface area contributed by atoms with Gasteiger partial charge in [-0.2, -0.15) is 0 Å². The van der Waals surface area contributed by atoms with E-state index in [1.54, 1.807) is 0 Å². The number of aliphatic carboxylic acids is 1. The molecule has 0 radical (unpaired) electrons. The lowest BCUT2D eigenvalue weighted by Crippen LogP contribution is -1.93. The molecule has 2 heteroatoms. The van der Waals surface area contributed by atoms with Crippen LogP contribution < -0.4 is 0 Å². The second-order valence-electron chi connectivity index (χ2n) is 3.67. The molecule has 0 saturated heterocycles. The monoisotopic (exact) mass is 184 g/mol. The molecule has 0 aliphatic rings. The fraction of sp³-hybridized carbons (Fsp3) is 0.727. The first-order valence-electron chi connectivity index (χ1n) is 5.01. The molecule has 0 aromatic rings. The van der Waals surface area contributed by atoms with Gasteiger partial charge in [0.05, 0.1) is 0 Å². The van der Waals surface area contributed by atoms with E-state index in [4.69, 9.17) is 5.11 Å². The summed E-state index contributed by atoms with van der Waals surface area (Å²) in [7, 11) is 0. The topological polar surface area (TPSA) is 37.3 Å². The second-order valence-corrected chi connectivity index (χ2v) is 3.67. The van der Waals surface area contributed by atoms with Crippen LogP contribution in [0.2, 0.25) is 0 Å². The summed E-state index contributed by atoms with van der Waals surface area (Å²) >= 11 is 0. The number of allylic oxidation sites excluding steroid dienone is 2. The van der Waals surface area contributed by atoms with Crippen molar-refractivity contribution >= 4 is 5.97 Å². The summed E-state index contributed by atoms with van der Waals surface area (Å²) in [6.45, 7) is 4.31. The number of unbranched alkanes of at least 4 members (excludes halogenated alkanes) is 3. The van der Waals surface area contributed by atoms with E-state index >= 15 is 0 Å². The van der Waals surface area contributed by atoms with Crippen LogP contribution in [-0.4, -0.2) is 11.1 Å². The van der Waals surface area contributed by atoms with Gasteiger partial charge in [-0.25, -0.2) is 0 Å². The van der Waals surface area contributed by atoms with Crippen LogP contribution in [0.5, 0.6) is 0 Å². The largest absolute Gasteiger partial charge is 0.481 e. The van der Waals surface area contributed by atoms with Gasteiger partial charge in [0, 0.05) is 6.42 Å².